The monoisotopic (exact) mass is 344 g/mol. The van der Waals surface area contributed by atoms with E-state index in [2.05, 4.69) is 0 Å². The molecule has 25 heavy (non-hydrogen) atoms. The van der Waals surface area contributed by atoms with Crippen molar-refractivity contribution in [3.05, 3.63) is 63.8 Å². The number of nitrogens with zero attached hydrogens (tertiary/aromatic N) is 2. The minimum absolute atomic E-state index is 0.0234. The first-order chi connectivity index (χ1) is 12.0. The zero-order valence-corrected chi connectivity index (χ0v) is 14.4. The largest absolute Gasteiger partial charge is 0.494 e. The van der Waals surface area contributed by atoms with Gasteiger partial charge < -0.3 is 14.2 Å². The molecule has 2 heterocycles. The topological polar surface area (TPSA) is 51.5 Å². The Morgan fingerprint density at radius 1 is 1.20 bits per heavy atom. The van der Waals surface area contributed by atoms with Crippen LogP contribution in [0.15, 0.2) is 41.3 Å². The molecule has 0 radical (unpaired) electrons. The number of piperidine rings is 1. The second-order valence-electron chi connectivity index (χ2n) is 6.33. The number of rotatable bonds is 3. The molecule has 3 rings (SSSR count). The lowest BCUT2D eigenvalue weighted by molar-refractivity contribution is 0.0712. The Kier molecular flexibility index (Phi) is 4.88. The lowest BCUT2D eigenvalue weighted by atomic mass is 9.90. The van der Waals surface area contributed by atoms with Crippen LogP contribution < -0.4 is 10.3 Å². The van der Waals surface area contributed by atoms with Crippen molar-refractivity contribution in [2.24, 2.45) is 7.05 Å². The molecule has 1 aliphatic heterocycles. The Morgan fingerprint density at radius 2 is 1.92 bits per heavy atom. The van der Waals surface area contributed by atoms with E-state index < -0.39 is 5.82 Å². The highest BCUT2D eigenvalue weighted by Gasteiger charge is 2.25. The fraction of sp³-hybridized carbons (Fsp3) is 0.368. The van der Waals surface area contributed by atoms with Gasteiger partial charge in [0.1, 0.15) is 0 Å². The van der Waals surface area contributed by atoms with Crippen LogP contribution in [0.25, 0.3) is 0 Å². The average Bonchev–Trinajstić information content (AvgIpc) is 2.63. The summed E-state index contributed by atoms with van der Waals surface area (Å²) in [4.78, 5) is 26.1. The number of methoxy groups -OCH3 is 1. The molecule has 1 amide bonds. The van der Waals surface area contributed by atoms with E-state index in [0.717, 1.165) is 18.4 Å². The van der Waals surface area contributed by atoms with Gasteiger partial charge in [-0.25, -0.2) is 4.39 Å². The predicted octanol–water partition coefficient (Wildman–Crippen LogP) is 2.55. The molecule has 0 spiro atoms. The lowest BCUT2D eigenvalue weighted by Crippen LogP contribution is -2.38. The Balaban J connectivity index is 1.67. The van der Waals surface area contributed by atoms with E-state index in [9.17, 15) is 14.0 Å². The molecule has 0 unspecified atom stereocenters. The van der Waals surface area contributed by atoms with Gasteiger partial charge in [0.2, 0.25) is 0 Å². The summed E-state index contributed by atoms with van der Waals surface area (Å²) in [5, 5.41) is 0. The van der Waals surface area contributed by atoms with E-state index in [1.165, 1.54) is 19.2 Å². The first-order valence-electron chi connectivity index (χ1n) is 8.29. The number of aryl methyl sites for hydroxylation is 1. The number of pyridine rings is 1. The maximum atomic E-state index is 13.8. The number of ether oxygens (including phenoxy) is 1. The number of benzene rings is 1. The van der Waals surface area contributed by atoms with Gasteiger partial charge in [-0.2, -0.15) is 0 Å². The molecule has 1 saturated heterocycles. The SMILES string of the molecule is COc1ccc(C(=O)N2CCC(c3ccn(C)c(=O)c3)CC2)cc1F. The van der Waals surface area contributed by atoms with Crippen molar-refractivity contribution >= 4 is 5.91 Å². The number of carbonyl (C=O) groups is 1. The van der Waals surface area contributed by atoms with Gasteiger partial charge in [-0.15, -0.1) is 0 Å². The first kappa shape index (κ1) is 17.2. The number of likely N-dealkylation sites (tertiary alicyclic amines) is 1. The van der Waals surface area contributed by atoms with Crippen LogP contribution in [0, 0.1) is 5.82 Å². The fourth-order valence-electron chi connectivity index (χ4n) is 3.22. The highest BCUT2D eigenvalue weighted by molar-refractivity contribution is 5.94. The molecule has 0 aliphatic carbocycles. The second kappa shape index (κ2) is 7.09. The lowest BCUT2D eigenvalue weighted by Gasteiger charge is -2.32. The molecule has 1 aliphatic rings. The van der Waals surface area contributed by atoms with Gasteiger partial charge in [-0.1, -0.05) is 0 Å². The molecule has 0 N–H and O–H groups in total. The maximum absolute atomic E-state index is 13.8. The summed E-state index contributed by atoms with van der Waals surface area (Å²) in [6, 6.07) is 7.89. The number of amides is 1. The van der Waals surface area contributed by atoms with Crippen LogP contribution >= 0.6 is 0 Å². The van der Waals surface area contributed by atoms with E-state index in [4.69, 9.17) is 4.74 Å². The molecule has 6 heteroatoms. The van der Waals surface area contributed by atoms with Gasteiger partial charge in [0, 0.05) is 38.0 Å². The summed E-state index contributed by atoms with van der Waals surface area (Å²) in [5.41, 5.74) is 1.32. The number of aromatic nitrogens is 1. The summed E-state index contributed by atoms with van der Waals surface area (Å²) >= 11 is 0. The summed E-state index contributed by atoms with van der Waals surface area (Å²) < 4.78 is 20.2. The molecule has 1 aromatic carbocycles. The third-order valence-corrected chi connectivity index (χ3v) is 4.78. The highest BCUT2D eigenvalue weighted by atomic mass is 19.1. The van der Waals surface area contributed by atoms with Crippen LogP contribution in [0.2, 0.25) is 0 Å². The summed E-state index contributed by atoms with van der Waals surface area (Å²) in [7, 11) is 3.11. The highest BCUT2D eigenvalue weighted by Crippen LogP contribution is 2.28. The fourth-order valence-corrected chi connectivity index (χ4v) is 3.22. The van der Waals surface area contributed by atoms with Crippen molar-refractivity contribution < 1.29 is 13.9 Å². The summed E-state index contributed by atoms with van der Waals surface area (Å²) in [6.07, 6.45) is 3.35. The average molecular weight is 344 g/mol. The Labute approximate surface area is 145 Å². The van der Waals surface area contributed by atoms with Crippen LogP contribution in [0.1, 0.15) is 34.7 Å². The predicted molar refractivity (Wildman–Crippen MR) is 92.5 cm³/mol. The van der Waals surface area contributed by atoms with Gasteiger partial charge >= 0.3 is 0 Å². The standard InChI is InChI=1S/C19H21FN2O3/c1-21-8-5-14(12-18(21)23)13-6-9-22(10-7-13)19(24)15-3-4-17(25-2)16(20)11-15/h3-5,8,11-13H,6-7,9-10H2,1-2H3. The van der Waals surface area contributed by atoms with E-state index in [0.29, 0.717) is 18.7 Å². The Morgan fingerprint density at radius 3 is 2.52 bits per heavy atom. The smallest absolute Gasteiger partial charge is 0.253 e. The van der Waals surface area contributed by atoms with Crippen LogP contribution in [0.4, 0.5) is 4.39 Å². The molecular weight excluding hydrogens is 323 g/mol. The van der Waals surface area contributed by atoms with Gasteiger partial charge in [0.05, 0.1) is 7.11 Å². The molecule has 1 fully saturated rings. The molecule has 1 aromatic heterocycles. The van der Waals surface area contributed by atoms with Gasteiger partial charge in [-0.05, 0) is 48.6 Å². The number of hydrogen-bond donors (Lipinski definition) is 0. The van der Waals surface area contributed by atoms with Gasteiger partial charge in [0.15, 0.2) is 11.6 Å². The van der Waals surface area contributed by atoms with E-state index >= 15 is 0 Å². The molecule has 0 bridgehead atoms. The normalized spacial score (nSPS) is 15.2. The van der Waals surface area contributed by atoms with E-state index in [1.54, 1.807) is 34.8 Å². The van der Waals surface area contributed by atoms with Crippen molar-refractivity contribution in [2.45, 2.75) is 18.8 Å². The molecule has 2 aromatic rings. The minimum atomic E-state index is -0.539. The van der Waals surface area contributed by atoms with Crippen LogP contribution in [-0.2, 0) is 7.05 Å². The Bertz CT molecular complexity index is 839. The van der Waals surface area contributed by atoms with Crippen LogP contribution in [0.3, 0.4) is 0 Å². The summed E-state index contributed by atoms with van der Waals surface area (Å²) in [6.45, 7) is 1.18. The minimum Gasteiger partial charge on any atom is -0.494 e. The number of carbonyl (C=O) groups excluding carboxylic acids is 1. The van der Waals surface area contributed by atoms with Crippen molar-refractivity contribution in [3.63, 3.8) is 0 Å². The van der Waals surface area contributed by atoms with E-state index in [-0.39, 0.29) is 23.1 Å². The third-order valence-electron chi connectivity index (χ3n) is 4.78. The van der Waals surface area contributed by atoms with Crippen LogP contribution in [0.5, 0.6) is 5.75 Å². The Hall–Kier alpha value is -2.63. The van der Waals surface area contributed by atoms with E-state index in [1.807, 2.05) is 6.07 Å². The number of halogens is 1. The first-order valence-corrected chi connectivity index (χ1v) is 8.29. The van der Waals surface area contributed by atoms with Crippen molar-refractivity contribution in [2.75, 3.05) is 20.2 Å². The van der Waals surface area contributed by atoms with Gasteiger partial charge in [-0.3, -0.25) is 9.59 Å². The zero-order valence-electron chi connectivity index (χ0n) is 14.4. The molecule has 132 valence electrons. The van der Waals surface area contributed by atoms with Crippen molar-refractivity contribution in [1.29, 1.82) is 0 Å². The molecule has 5 nitrogen and oxygen atoms in total. The molecular formula is C19H21FN2O3. The molecule has 0 atom stereocenters. The number of hydrogen-bond acceptors (Lipinski definition) is 3. The second-order valence-corrected chi connectivity index (χ2v) is 6.33. The summed E-state index contributed by atoms with van der Waals surface area (Å²) in [5.74, 6) is -0.321. The molecule has 0 saturated carbocycles. The van der Waals surface area contributed by atoms with Crippen molar-refractivity contribution in [1.82, 2.24) is 9.47 Å². The van der Waals surface area contributed by atoms with Crippen LogP contribution in [-0.4, -0.2) is 35.6 Å². The maximum Gasteiger partial charge on any atom is 0.253 e. The zero-order chi connectivity index (χ0) is 18.0. The van der Waals surface area contributed by atoms with Gasteiger partial charge in [0.25, 0.3) is 11.5 Å². The van der Waals surface area contributed by atoms with Crippen molar-refractivity contribution in [3.8, 4) is 5.75 Å². The quantitative estimate of drug-likeness (QED) is 0.860. The third kappa shape index (κ3) is 3.57.